The van der Waals surface area contributed by atoms with E-state index in [2.05, 4.69) is 15.7 Å². The molecule has 0 aliphatic carbocycles. The third kappa shape index (κ3) is 5.60. The van der Waals surface area contributed by atoms with E-state index in [1.165, 1.54) is 13.2 Å². The van der Waals surface area contributed by atoms with Crippen molar-refractivity contribution in [1.29, 1.82) is 0 Å². The van der Waals surface area contributed by atoms with E-state index in [1.54, 1.807) is 47.1 Å². The van der Waals surface area contributed by atoms with E-state index in [0.717, 1.165) is 11.3 Å². The Balaban J connectivity index is 1.77. The lowest BCUT2D eigenvalue weighted by Crippen LogP contribution is -2.30. The highest BCUT2D eigenvalue weighted by Crippen LogP contribution is 2.34. The maximum atomic E-state index is 13.9. The molecule has 0 saturated carbocycles. The number of methoxy groups -OCH3 is 1. The van der Waals surface area contributed by atoms with Crippen LogP contribution in [0.2, 0.25) is 0 Å². The number of thiocarbonyl (C=S) groups is 1. The van der Waals surface area contributed by atoms with E-state index in [0.29, 0.717) is 39.8 Å². The van der Waals surface area contributed by atoms with Gasteiger partial charge in [0.05, 0.1) is 36.0 Å². The van der Waals surface area contributed by atoms with Gasteiger partial charge < -0.3 is 20.3 Å². The summed E-state index contributed by atoms with van der Waals surface area (Å²) in [6.45, 7) is 6.89. The van der Waals surface area contributed by atoms with Crippen molar-refractivity contribution >= 4 is 51.2 Å². The van der Waals surface area contributed by atoms with Crippen molar-refractivity contribution in [2.75, 3.05) is 30.8 Å². The predicted molar refractivity (Wildman–Crippen MR) is 135 cm³/mol. The van der Waals surface area contributed by atoms with E-state index in [1.807, 2.05) is 13.8 Å². The topological polar surface area (TPSA) is 88.5 Å². The van der Waals surface area contributed by atoms with Crippen LogP contribution in [0.1, 0.15) is 45.0 Å². The van der Waals surface area contributed by atoms with Crippen LogP contribution in [0.25, 0.3) is 0 Å². The molecule has 0 saturated heterocycles. The SMILES string of the molecule is CCN(CC)C(=O)c1sc(NC(=S)Nc2cnn(Cc3ccccc3F)c2)c(C(=O)OC)c1C. The maximum Gasteiger partial charge on any atom is 0.341 e. The minimum Gasteiger partial charge on any atom is -0.465 e. The molecule has 11 heteroatoms. The summed E-state index contributed by atoms with van der Waals surface area (Å²) in [7, 11) is 1.29. The normalized spacial score (nSPS) is 10.6. The Hall–Kier alpha value is -3.31. The van der Waals surface area contributed by atoms with Crippen molar-refractivity contribution < 1.29 is 18.7 Å². The number of thiophene rings is 1. The number of nitrogens with zero attached hydrogens (tertiary/aromatic N) is 3. The number of amides is 1. The Morgan fingerprint density at radius 3 is 2.59 bits per heavy atom. The second-order valence-electron chi connectivity index (χ2n) is 7.33. The summed E-state index contributed by atoms with van der Waals surface area (Å²) in [5.41, 5.74) is 1.90. The quantitative estimate of drug-likeness (QED) is 0.345. The largest absolute Gasteiger partial charge is 0.465 e. The van der Waals surface area contributed by atoms with Gasteiger partial charge in [-0.1, -0.05) is 18.2 Å². The van der Waals surface area contributed by atoms with Gasteiger partial charge in [0.1, 0.15) is 10.8 Å². The predicted octanol–water partition coefficient (Wildman–Crippen LogP) is 4.52. The molecule has 8 nitrogen and oxygen atoms in total. The van der Waals surface area contributed by atoms with Crippen molar-refractivity contribution in [3.05, 3.63) is 64.0 Å². The first-order valence-corrected chi connectivity index (χ1v) is 11.9. The fraction of sp³-hybridized carbons (Fsp3) is 0.304. The van der Waals surface area contributed by atoms with Crippen LogP contribution < -0.4 is 10.6 Å². The number of ether oxygens (including phenoxy) is 1. The zero-order valence-corrected chi connectivity index (χ0v) is 21.0. The van der Waals surface area contributed by atoms with Gasteiger partial charge >= 0.3 is 5.97 Å². The fourth-order valence-corrected chi connectivity index (χ4v) is 4.84. The van der Waals surface area contributed by atoms with E-state index >= 15 is 0 Å². The molecule has 2 aromatic heterocycles. The average molecular weight is 504 g/mol. The Bertz CT molecular complexity index is 1200. The average Bonchev–Trinajstić information content (AvgIpc) is 3.38. The molecule has 34 heavy (non-hydrogen) atoms. The molecule has 0 spiro atoms. The van der Waals surface area contributed by atoms with E-state index in [-0.39, 0.29) is 28.9 Å². The molecule has 2 heterocycles. The first-order valence-electron chi connectivity index (χ1n) is 10.6. The number of benzene rings is 1. The van der Waals surface area contributed by atoms with Gasteiger partial charge in [0.15, 0.2) is 5.11 Å². The van der Waals surface area contributed by atoms with Gasteiger partial charge in [0.25, 0.3) is 5.91 Å². The van der Waals surface area contributed by atoms with Crippen LogP contribution >= 0.6 is 23.6 Å². The van der Waals surface area contributed by atoms with Gasteiger partial charge in [-0.2, -0.15) is 5.10 Å². The van der Waals surface area contributed by atoms with E-state index in [9.17, 15) is 14.0 Å². The Morgan fingerprint density at radius 2 is 1.94 bits per heavy atom. The Kier molecular flexibility index (Phi) is 8.35. The molecule has 3 rings (SSSR count). The van der Waals surface area contributed by atoms with Crippen LogP contribution in [0.5, 0.6) is 0 Å². The highest BCUT2D eigenvalue weighted by Gasteiger charge is 2.27. The number of nitrogens with one attached hydrogen (secondary N) is 2. The molecule has 0 bridgehead atoms. The summed E-state index contributed by atoms with van der Waals surface area (Å²) in [6, 6.07) is 6.50. The summed E-state index contributed by atoms with van der Waals surface area (Å²) in [4.78, 5) is 27.5. The highest BCUT2D eigenvalue weighted by atomic mass is 32.1. The Labute approximate surface area is 206 Å². The monoisotopic (exact) mass is 503 g/mol. The first-order chi connectivity index (χ1) is 16.3. The van der Waals surface area contributed by atoms with Crippen molar-refractivity contribution in [3.63, 3.8) is 0 Å². The van der Waals surface area contributed by atoms with Crippen molar-refractivity contribution in [1.82, 2.24) is 14.7 Å². The van der Waals surface area contributed by atoms with E-state index < -0.39 is 5.97 Å². The summed E-state index contributed by atoms with van der Waals surface area (Å²) in [5, 5.41) is 10.9. The second-order valence-corrected chi connectivity index (χ2v) is 8.76. The van der Waals surface area contributed by atoms with Gasteiger partial charge in [-0.05, 0) is 44.6 Å². The van der Waals surface area contributed by atoms with Crippen LogP contribution in [-0.4, -0.2) is 51.9 Å². The third-order valence-corrected chi connectivity index (χ3v) is 6.59. The van der Waals surface area contributed by atoms with Gasteiger partial charge in [-0.25, -0.2) is 9.18 Å². The number of halogens is 1. The van der Waals surface area contributed by atoms with Crippen LogP contribution in [0.4, 0.5) is 15.1 Å². The number of esters is 1. The number of anilines is 2. The first kappa shape index (κ1) is 25.3. The molecule has 1 amide bonds. The standard InChI is InChI=1S/C23H26FN5O3S2/c1-5-28(6-2)21(30)19-14(3)18(22(31)32-4)20(34-19)27-23(33)26-16-11-25-29(13-16)12-15-9-7-8-10-17(15)24/h7-11,13H,5-6,12H2,1-4H3,(H2,26,27,33). The highest BCUT2D eigenvalue weighted by molar-refractivity contribution is 7.80. The number of hydrogen-bond acceptors (Lipinski definition) is 6. The molecule has 0 unspecified atom stereocenters. The van der Waals surface area contributed by atoms with Crippen molar-refractivity contribution in [2.45, 2.75) is 27.3 Å². The van der Waals surface area contributed by atoms with Gasteiger partial charge in [-0.15, -0.1) is 11.3 Å². The van der Waals surface area contributed by atoms with Crippen LogP contribution in [0.15, 0.2) is 36.7 Å². The third-order valence-electron chi connectivity index (χ3n) is 5.19. The summed E-state index contributed by atoms with van der Waals surface area (Å²) >= 11 is 6.57. The zero-order chi connectivity index (χ0) is 24.8. The van der Waals surface area contributed by atoms with Crippen molar-refractivity contribution in [2.24, 2.45) is 0 Å². The second kappa shape index (κ2) is 11.2. The molecule has 2 N–H and O–H groups in total. The van der Waals surface area contributed by atoms with Gasteiger partial charge in [-0.3, -0.25) is 9.48 Å². The van der Waals surface area contributed by atoms with Crippen LogP contribution in [-0.2, 0) is 11.3 Å². The molecular formula is C23H26FN5O3S2. The van der Waals surface area contributed by atoms with Gasteiger partial charge in [0, 0.05) is 24.8 Å². The van der Waals surface area contributed by atoms with Crippen LogP contribution in [0.3, 0.4) is 0 Å². The number of carbonyl (C=O) groups is 2. The molecule has 180 valence electrons. The number of carbonyl (C=O) groups excluding carboxylic acids is 2. The lowest BCUT2D eigenvalue weighted by Gasteiger charge is -2.17. The van der Waals surface area contributed by atoms with Crippen molar-refractivity contribution in [3.8, 4) is 0 Å². The number of hydrogen-bond donors (Lipinski definition) is 2. The van der Waals surface area contributed by atoms with Gasteiger partial charge in [0.2, 0.25) is 0 Å². The zero-order valence-electron chi connectivity index (χ0n) is 19.3. The van der Waals surface area contributed by atoms with Crippen LogP contribution in [0, 0.1) is 12.7 Å². The maximum absolute atomic E-state index is 13.9. The Morgan fingerprint density at radius 1 is 1.24 bits per heavy atom. The molecule has 0 atom stereocenters. The van der Waals surface area contributed by atoms with E-state index in [4.69, 9.17) is 17.0 Å². The molecule has 0 aliphatic heterocycles. The minimum atomic E-state index is -0.560. The lowest BCUT2D eigenvalue weighted by atomic mass is 10.1. The molecule has 1 aromatic carbocycles. The summed E-state index contributed by atoms with van der Waals surface area (Å²) < 4.78 is 20.4. The number of aromatic nitrogens is 2. The fourth-order valence-electron chi connectivity index (χ4n) is 3.39. The number of rotatable bonds is 8. The molecule has 0 aliphatic rings. The lowest BCUT2D eigenvalue weighted by molar-refractivity contribution is 0.0601. The molecular weight excluding hydrogens is 477 g/mol. The minimum absolute atomic E-state index is 0.154. The molecule has 0 fully saturated rings. The molecule has 3 aromatic rings. The molecule has 0 radical (unpaired) electrons. The summed E-state index contributed by atoms with van der Waals surface area (Å²) in [6.07, 6.45) is 3.25. The summed E-state index contributed by atoms with van der Waals surface area (Å²) in [5.74, 6) is -1.02. The smallest absolute Gasteiger partial charge is 0.341 e.